The summed E-state index contributed by atoms with van der Waals surface area (Å²) in [7, 11) is 1.76. The van der Waals surface area contributed by atoms with Gasteiger partial charge >= 0.3 is 0 Å². The van der Waals surface area contributed by atoms with Crippen molar-refractivity contribution >= 4 is 33.7 Å². The van der Waals surface area contributed by atoms with Crippen LogP contribution in [0.1, 0.15) is 73.3 Å². The van der Waals surface area contributed by atoms with E-state index in [0.29, 0.717) is 12.1 Å². The van der Waals surface area contributed by atoms with Gasteiger partial charge in [0.1, 0.15) is 6.04 Å². The van der Waals surface area contributed by atoms with Crippen molar-refractivity contribution in [2.45, 2.75) is 98.4 Å². The minimum Gasteiger partial charge on any atom is -0.348 e. The molecule has 3 amide bonds. The molecule has 0 spiro atoms. The Morgan fingerprint density at radius 1 is 1.05 bits per heavy atom. The smallest absolute Gasteiger partial charge is 0.246 e. The van der Waals surface area contributed by atoms with Gasteiger partial charge in [-0.1, -0.05) is 68.3 Å². The molecule has 3 atom stereocenters. The van der Waals surface area contributed by atoms with E-state index in [4.69, 9.17) is 0 Å². The lowest BCUT2D eigenvalue weighted by molar-refractivity contribution is -0.140. The third kappa shape index (κ3) is 8.94. The Balaban J connectivity index is 2.13. The Morgan fingerprint density at radius 2 is 1.68 bits per heavy atom. The summed E-state index contributed by atoms with van der Waals surface area (Å²) in [6.07, 6.45) is 4.78. The molecule has 1 fully saturated rings. The molecular weight excluding hydrogens is 544 g/mol. The molecule has 2 N–H and O–H groups in total. The normalized spacial score (nSPS) is 18.4. The molecule has 1 aliphatic rings. The van der Waals surface area contributed by atoms with Gasteiger partial charge in [0.25, 0.3) is 0 Å². The fourth-order valence-electron chi connectivity index (χ4n) is 4.99. The first-order valence-electron chi connectivity index (χ1n) is 13.9. The number of nitrogens with zero attached hydrogens (tertiary/aromatic N) is 2. The van der Waals surface area contributed by atoms with Gasteiger partial charge in [0.05, 0.1) is 12.1 Å². The lowest BCUT2D eigenvalue weighted by Gasteiger charge is -2.39. The number of piperidine rings is 1. The molecule has 38 heavy (non-hydrogen) atoms. The van der Waals surface area contributed by atoms with E-state index in [1.165, 1.54) is 0 Å². The number of hydrogen-bond acceptors (Lipinski definition) is 4. The van der Waals surface area contributed by atoms with E-state index in [9.17, 15) is 14.4 Å². The maximum atomic E-state index is 13.7. The fraction of sp³-hybridized carbons (Fsp3) is 0.633. The molecule has 212 valence electrons. The van der Waals surface area contributed by atoms with E-state index in [-0.39, 0.29) is 47.7 Å². The summed E-state index contributed by atoms with van der Waals surface area (Å²) in [4.78, 5) is 43.8. The number of hydrogen-bond donors (Lipinski definition) is 2. The monoisotopic (exact) mass is 590 g/mol. The summed E-state index contributed by atoms with van der Waals surface area (Å²) in [6.45, 7) is 15.3. The number of benzene rings is 1. The first-order valence-corrected chi connectivity index (χ1v) is 14.7. The highest BCUT2D eigenvalue weighted by molar-refractivity contribution is 9.10. The molecule has 0 aromatic heterocycles. The van der Waals surface area contributed by atoms with Crippen LogP contribution in [0.2, 0.25) is 0 Å². The highest BCUT2D eigenvalue weighted by Crippen LogP contribution is 2.21. The molecule has 0 radical (unpaired) electrons. The van der Waals surface area contributed by atoms with Gasteiger partial charge < -0.3 is 15.5 Å². The summed E-state index contributed by atoms with van der Waals surface area (Å²) >= 11 is 3.42. The van der Waals surface area contributed by atoms with E-state index in [1.807, 2.05) is 58.0 Å². The van der Waals surface area contributed by atoms with Crippen LogP contribution in [-0.4, -0.2) is 65.3 Å². The van der Waals surface area contributed by atoms with Gasteiger partial charge in [0, 0.05) is 29.7 Å². The molecule has 0 bridgehead atoms. The topological polar surface area (TPSA) is 81.8 Å². The summed E-state index contributed by atoms with van der Waals surface area (Å²) in [6, 6.07) is 6.94. The minimum absolute atomic E-state index is 0.0704. The molecule has 1 aromatic rings. The highest BCUT2D eigenvalue weighted by atomic mass is 79.9. The number of carbonyl (C=O) groups excluding carboxylic acids is 3. The Morgan fingerprint density at radius 3 is 2.24 bits per heavy atom. The average molecular weight is 592 g/mol. The maximum Gasteiger partial charge on any atom is 0.246 e. The van der Waals surface area contributed by atoms with E-state index in [2.05, 4.69) is 45.3 Å². The zero-order chi connectivity index (χ0) is 28.6. The standard InChI is InChI=1S/C30H47BrN4O3/c1-19(2)26(17-22(7)28(36)32-18-23-12-14-24(31)15-13-23)34(8)30(38)27(20(3)4)33-29(37)25-11-9-10-16-35(25)21(5)6/h12-15,17,19-21,25-27H,9-11,16,18H2,1-8H3,(H,32,36)(H,33,37)/b22-17+/t25?,26-,27?/m1/s1. The first-order chi connectivity index (χ1) is 17.8. The van der Waals surface area contributed by atoms with Crippen molar-refractivity contribution in [3.63, 3.8) is 0 Å². The molecule has 1 aromatic carbocycles. The van der Waals surface area contributed by atoms with E-state index < -0.39 is 6.04 Å². The highest BCUT2D eigenvalue weighted by Gasteiger charge is 2.36. The summed E-state index contributed by atoms with van der Waals surface area (Å²) in [5, 5.41) is 6.05. The number of rotatable bonds is 11. The lowest BCUT2D eigenvalue weighted by atomic mass is 9.95. The van der Waals surface area contributed by atoms with Crippen molar-refractivity contribution in [2.75, 3.05) is 13.6 Å². The van der Waals surface area contributed by atoms with E-state index in [0.717, 1.165) is 35.8 Å². The molecule has 1 saturated heterocycles. The molecular formula is C30H47BrN4O3. The third-order valence-electron chi connectivity index (χ3n) is 7.36. The van der Waals surface area contributed by atoms with Crippen LogP contribution in [-0.2, 0) is 20.9 Å². The van der Waals surface area contributed by atoms with Gasteiger partial charge in [-0.15, -0.1) is 0 Å². The van der Waals surface area contributed by atoms with Crippen LogP contribution in [0.5, 0.6) is 0 Å². The van der Waals surface area contributed by atoms with Gasteiger partial charge in [-0.05, 0) is 69.7 Å². The Kier molecular flexibility index (Phi) is 12.5. The quantitative estimate of drug-likeness (QED) is 0.359. The lowest BCUT2D eigenvalue weighted by Crippen LogP contribution is -2.58. The van der Waals surface area contributed by atoms with Crippen LogP contribution in [0.15, 0.2) is 40.4 Å². The molecule has 8 heteroatoms. The minimum atomic E-state index is -0.635. The molecule has 7 nitrogen and oxygen atoms in total. The van der Waals surface area contributed by atoms with Gasteiger partial charge in [-0.2, -0.15) is 0 Å². The molecule has 0 aliphatic carbocycles. The number of carbonyl (C=O) groups is 3. The van der Waals surface area contributed by atoms with Crippen LogP contribution < -0.4 is 10.6 Å². The van der Waals surface area contributed by atoms with Crippen molar-refractivity contribution in [3.05, 3.63) is 46.0 Å². The number of nitrogens with one attached hydrogen (secondary N) is 2. The summed E-state index contributed by atoms with van der Waals surface area (Å²) < 4.78 is 0.989. The second kappa shape index (κ2) is 14.8. The molecule has 1 aliphatic heterocycles. The molecule has 1 heterocycles. The van der Waals surface area contributed by atoms with Crippen molar-refractivity contribution in [1.82, 2.24) is 20.4 Å². The van der Waals surface area contributed by atoms with E-state index in [1.54, 1.807) is 18.9 Å². The molecule has 0 saturated carbocycles. The number of halogens is 1. The molecule has 2 unspecified atom stereocenters. The van der Waals surface area contributed by atoms with Crippen LogP contribution in [0, 0.1) is 11.8 Å². The zero-order valence-electron chi connectivity index (χ0n) is 24.4. The fourth-order valence-corrected chi connectivity index (χ4v) is 5.25. The molecule has 2 rings (SSSR count). The van der Waals surface area contributed by atoms with Gasteiger partial charge in [-0.3, -0.25) is 19.3 Å². The SMILES string of the molecule is C/C(=C\[C@H](C(C)C)N(C)C(=O)C(NC(=O)C1CCCCN1C(C)C)C(C)C)C(=O)NCc1ccc(Br)cc1. The van der Waals surface area contributed by atoms with Crippen molar-refractivity contribution < 1.29 is 14.4 Å². The average Bonchev–Trinajstić information content (AvgIpc) is 2.88. The zero-order valence-corrected chi connectivity index (χ0v) is 26.0. The Labute approximate surface area is 237 Å². The van der Waals surface area contributed by atoms with Gasteiger partial charge in [-0.25, -0.2) is 0 Å². The van der Waals surface area contributed by atoms with Crippen LogP contribution >= 0.6 is 15.9 Å². The van der Waals surface area contributed by atoms with Crippen LogP contribution in [0.4, 0.5) is 0 Å². The van der Waals surface area contributed by atoms with Crippen molar-refractivity contribution in [2.24, 2.45) is 11.8 Å². The largest absolute Gasteiger partial charge is 0.348 e. The van der Waals surface area contributed by atoms with Gasteiger partial charge in [0.2, 0.25) is 17.7 Å². The second-order valence-electron chi connectivity index (χ2n) is 11.4. The van der Waals surface area contributed by atoms with Crippen LogP contribution in [0.3, 0.4) is 0 Å². The predicted molar refractivity (Wildman–Crippen MR) is 157 cm³/mol. The Bertz CT molecular complexity index is 974. The summed E-state index contributed by atoms with van der Waals surface area (Å²) in [5.41, 5.74) is 1.56. The summed E-state index contributed by atoms with van der Waals surface area (Å²) in [5.74, 6) is -0.370. The van der Waals surface area contributed by atoms with Gasteiger partial charge in [0.15, 0.2) is 0 Å². The number of likely N-dealkylation sites (tertiary alicyclic amines) is 1. The van der Waals surface area contributed by atoms with Crippen molar-refractivity contribution in [3.8, 4) is 0 Å². The first kappa shape index (κ1) is 32.0. The van der Waals surface area contributed by atoms with Crippen molar-refractivity contribution in [1.29, 1.82) is 0 Å². The maximum absolute atomic E-state index is 13.7. The second-order valence-corrected chi connectivity index (χ2v) is 12.3. The van der Waals surface area contributed by atoms with E-state index >= 15 is 0 Å². The van der Waals surface area contributed by atoms with Crippen LogP contribution in [0.25, 0.3) is 0 Å². The Hall–Kier alpha value is -2.19. The number of likely N-dealkylation sites (N-methyl/N-ethyl adjacent to an activating group) is 1. The number of amides is 3. The predicted octanol–water partition coefficient (Wildman–Crippen LogP) is 4.90. The third-order valence-corrected chi connectivity index (χ3v) is 7.89.